The Hall–Kier alpha value is -1.43. The quantitative estimate of drug-likeness (QED) is 0.838. The van der Waals surface area contributed by atoms with Crippen LogP contribution in [0.2, 0.25) is 5.02 Å². The van der Waals surface area contributed by atoms with E-state index in [9.17, 15) is 4.79 Å². The number of likely N-dealkylation sites (tertiary alicyclic amines) is 1. The fourth-order valence-corrected chi connectivity index (χ4v) is 2.36. The van der Waals surface area contributed by atoms with Gasteiger partial charge in [0.25, 0.3) is 5.56 Å². The summed E-state index contributed by atoms with van der Waals surface area (Å²) in [6, 6.07) is 5.38. The lowest BCUT2D eigenvalue weighted by molar-refractivity contribution is 0.138. The molecule has 0 radical (unpaired) electrons. The van der Waals surface area contributed by atoms with E-state index in [0.717, 1.165) is 13.1 Å². The van der Waals surface area contributed by atoms with E-state index in [1.807, 2.05) is 0 Å². The van der Waals surface area contributed by atoms with Gasteiger partial charge in [0.2, 0.25) is 0 Å². The molecule has 0 saturated carbocycles. The van der Waals surface area contributed by atoms with Crippen LogP contribution < -0.4 is 11.3 Å². The first kappa shape index (κ1) is 11.6. The van der Waals surface area contributed by atoms with Crippen LogP contribution in [0.5, 0.6) is 0 Å². The van der Waals surface area contributed by atoms with Crippen molar-refractivity contribution in [3.8, 4) is 0 Å². The lowest BCUT2D eigenvalue weighted by atomic mass is 10.1. The molecule has 1 aliphatic heterocycles. The van der Waals surface area contributed by atoms with Gasteiger partial charge in [0.1, 0.15) is 5.82 Å². The van der Waals surface area contributed by atoms with Crippen LogP contribution >= 0.6 is 11.6 Å². The van der Waals surface area contributed by atoms with E-state index in [4.69, 9.17) is 17.3 Å². The Morgan fingerprint density at radius 3 is 3.00 bits per heavy atom. The molecule has 1 aromatic heterocycles. The molecule has 5 nitrogen and oxygen atoms in total. The minimum absolute atomic E-state index is 0.151. The summed E-state index contributed by atoms with van der Waals surface area (Å²) in [5.74, 6) is 0.668. The number of nitrogens with one attached hydrogen (secondary N) is 1. The maximum atomic E-state index is 11.9. The van der Waals surface area contributed by atoms with Crippen LogP contribution in [-0.2, 0) is 6.54 Å². The molecule has 2 aromatic rings. The van der Waals surface area contributed by atoms with Gasteiger partial charge in [0, 0.05) is 24.2 Å². The van der Waals surface area contributed by atoms with Gasteiger partial charge in [0.15, 0.2) is 0 Å². The average molecular weight is 265 g/mol. The van der Waals surface area contributed by atoms with Gasteiger partial charge in [-0.3, -0.25) is 9.69 Å². The first-order valence-electron chi connectivity index (χ1n) is 5.78. The number of benzene rings is 1. The molecule has 0 amide bonds. The molecule has 0 unspecified atom stereocenters. The number of fused-ring (bicyclic) bond motifs is 1. The highest BCUT2D eigenvalue weighted by Crippen LogP contribution is 2.15. The second-order valence-corrected chi connectivity index (χ2v) is 5.06. The smallest absolute Gasteiger partial charge is 0.258 e. The number of aromatic amines is 1. The fraction of sp³-hybridized carbons (Fsp3) is 0.333. The van der Waals surface area contributed by atoms with Gasteiger partial charge in [0.05, 0.1) is 17.4 Å². The van der Waals surface area contributed by atoms with Gasteiger partial charge in [-0.25, -0.2) is 4.98 Å². The average Bonchev–Trinajstić information content (AvgIpc) is 2.28. The molecule has 0 atom stereocenters. The van der Waals surface area contributed by atoms with Crippen molar-refractivity contribution in [3.63, 3.8) is 0 Å². The molecular weight excluding hydrogens is 252 g/mol. The second kappa shape index (κ2) is 4.35. The van der Waals surface area contributed by atoms with Gasteiger partial charge in [-0.2, -0.15) is 0 Å². The standard InChI is InChI=1S/C12H13ClN4O/c13-7-1-2-10-9(3-7)12(18)16-11(15-10)6-17-4-8(14)5-17/h1-3,8H,4-6,14H2,(H,15,16,18). The molecule has 94 valence electrons. The summed E-state index contributed by atoms with van der Waals surface area (Å²) in [5, 5.41) is 1.06. The van der Waals surface area contributed by atoms with Crippen LogP contribution in [0.4, 0.5) is 0 Å². The van der Waals surface area contributed by atoms with E-state index in [-0.39, 0.29) is 11.6 Å². The number of H-pyrrole nitrogens is 1. The highest BCUT2D eigenvalue weighted by Gasteiger charge is 2.23. The second-order valence-electron chi connectivity index (χ2n) is 4.63. The van der Waals surface area contributed by atoms with Crippen molar-refractivity contribution in [2.45, 2.75) is 12.6 Å². The van der Waals surface area contributed by atoms with Gasteiger partial charge in [-0.05, 0) is 18.2 Å². The molecule has 3 N–H and O–H groups in total. The van der Waals surface area contributed by atoms with Crippen LogP contribution in [0.15, 0.2) is 23.0 Å². The van der Waals surface area contributed by atoms with E-state index in [1.165, 1.54) is 0 Å². The molecule has 0 spiro atoms. The molecule has 3 rings (SSSR count). The third-order valence-corrected chi connectivity index (χ3v) is 3.31. The zero-order valence-electron chi connectivity index (χ0n) is 9.69. The fourth-order valence-electron chi connectivity index (χ4n) is 2.18. The Morgan fingerprint density at radius 2 is 2.28 bits per heavy atom. The third-order valence-electron chi connectivity index (χ3n) is 3.08. The zero-order valence-corrected chi connectivity index (χ0v) is 10.4. The monoisotopic (exact) mass is 264 g/mol. The van der Waals surface area contributed by atoms with Crippen molar-refractivity contribution in [3.05, 3.63) is 39.4 Å². The van der Waals surface area contributed by atoms with E-state index in [2.05, 4.69) is 14.9 Å². The summed E-state index contributed by atoms with van der Waals surface area (Å²) < 4.78 is 0. The van der Waals surface area contributed by atoms with Crippen molar-refractivity contribution >= 4 is 22.5 Å². The number of hydrogen-bond acceptors (Lipinski definition) is 4. The molecule has 1 fully saturated rings. The van der Waals surface area contributed by atoms with Crippen LogP contribution in [0.25, 0.3) is 10.9 Å². The van der Waals surface area contributed by atoms with Crippen molar-refractivity contribution in [2.24, 2.45) is 5.73 Å². The van der Waals surface area contributed by atoms with Crippen LogP contribution in [0, 0.1) is 0 Å². The lowest BCUT2D eigenvalue weighted by Crippen LogP contribution is -2.55. The van der Waals surface area contributed by atoms with E-state index in [0.29, 0.717) is 28.3 Å². The number of aromatic nitrogens is 2. The first-order chi connectivity index (χ1) is 8.61. The summed E-state index contributed by atoms with van der Waals surface area (Å²) in [4.78, 5) is 21.3. The van der Waals surface area contributed by atoms with Crippen LogP contribution in [0.1, 0.15) is 5.82 Å². The Balaban J connectivity index is 1.95. The Bertz CT molecular complexity index is 648. The van der Waals surface area contributed by atoms with Gasteiger partial charge in [-0.15, -0.1) is 0 Å². The summed E-state index contributed by atoms with van der Waals surface area (Å²) in [6.07, 6.45) is 0. The summed E-state index contributed by atoms with van der Waals surface area (Å²) in [6.45, 7) is 2.33. The predicted molar refractivity (Wildman–Crippen MR) is 70.6 cm³/mol. The zero-order chi connectivity index (χ0) is 12.7. The van der Waals surface area contributed by atoms with Crippen molar-refractivity contribution in [1.82, 2.24) is 14.9 Å². The molecule has 1 saturated heterocycles. The van der Waals surface area contributed by atoms with Gasteiger partial charge in [-0.1, -0.05) is 11.6 Å². The molecular formula is C12H13ClN4O. The third kappa shape index (κ3) is 2.12. The first-order valence-corrected chi connectivity index (χ1v) is 6.16. The molecule has 18 heavy (non-hydrogen) atoms. The van der Waals surface area contributed by atoms with Crippen LogP contribution in [-0.4, -0.2) is 34.0 Å². The SMILES string of the molecule is NC1CN(Cc2nc3ccc(Cl)cc3c(=O)[nH]2)C1. The number of halogens is 1. The molecule has 0 aliphatic carbocycles. The van der Waals surface area contributed by atoms with Crippen molar-refractivity contribution in [1.29, 1.82) is 0 Å². The minimum Gasteiger partial charge on any atom is -0.325 e. The van der Waals surface area contributed by atoms with E-state index < -0.39 is 0 Å². The minimum atomic E-state index is -0.151. The molecule has 0 bridgehead atoms. The number of nitrogens with two attached hydrogens (primary N) is 1. The number of nitrogens with zero attached hydrogens (tertiary/aromatic N) is 2. The number of hydrogen-bond donors (Lipinski definition) is 2. The highest BCUT2D eigenvalue weighted by atomic mass is 35.5. The normalized spacial score (nSPS) is 17.0. The predicted octanol–water partition coefficient (Wildman–Crippen LogP) is 0.719. The molecule has 2 heterocycles. The number of rotatable bonds is 2. The molecule has 1 aromatic carbocycles. The highest BCUT2D eigenvalue weighted by molar-refractivity contribution is 6.31. The van der Waals surface area contributed by atoms with E-state index >= 15 is 0 Å². The maximum Gasteiger partial charge on any atom is 0.258 e. The van der Waals surface area contributed by atoms with Gasteiger partial charge < -0.3 is 10.7 Å². The summed E-state index contributed by atoms with van der Waals surface area (Å²) in [7, 11) is 0. The summed E-state index contributed by atoms with van der Waals surface area (Å²) in [5.41, 5.74) is 6.23. The van der Waals surface area contributed by atoms with E-state index in [1.54, 1.807) is 18.2 Å². The summed E-state index contributed by atoms with van der Waals surface area (Å²) >= 11 is 5.86. The topological polar surface area (TPSA) is 75.0 Å². The van der Waals surface area contributed by atoms with Crippen LogP contribution in [0.3, 0.4) is 0 Å². The largest absolute Gasteiger partial charge is 0.325 e. The molecule has 1 aliphatic rings. The molecule has 6 heteroatoms. The van der Waals surface area contributed by atoms with Crippen molar-refractivity contribution in [2.75, 3.05) is 13.1 Å². The van der Waals surface area contributed by atoms with Gasteiger partial charge >= 0.3 is 0 Å². The van der Waals surface area contributed by atoms with Crippen molar-refractivity contribution < 1.29 is 0 Å². The maximum absolute atomic E-state index is 11.9. The lowest BCUT2D eigenvalue weighted by Gasteiger charge is -2.36. The Labute approximate surface area is 109 Å². The Morgan fingerprint density at radius 1 is 1.50 bits per heavy atom. The Kier molecular flexibility index (Phi) is 2.81.